The zero-order valence-electron chi connectivity index (χ0n) is 18.1. The van der Waals surface area contributed by atoms with E-state index < -0.39 is 0 Å². The highest BCUT2D eigenvalue weighted by Crippen LogP contribution is 2.33. The minimum absolute atomic E-state index is 0.138. The van der Waals surface area contributed by atoms with Crippen LogP contribution in [0.2, 0.25) is 0 Å². The Balaban J connectivity index is 1.29. The van der Waals surface area contributed by atoms with E-state index in [-0.39, 0.29) is 18.0 Å². The fourth-order valence-corrected chi connectivity index (χ4v) is 5.21. The molecule has 170 valence electrons. The zero-order valence-corrected chi connectivity index (χ0v) is 19.7. The maximum Gasteiger partial charge on any atom is 0.263 e. The summed E-state index contributed by atoms with van der Waals surface area (Å²) in [6.45, 7) is -0.138. The highest BCUT2D eigenvalue weighted by atomic mass is 32.1. The average molecular weight is 490 g/mol. The SMILES string of the molecule is COc1ccccc1Oc1ccc(NC(=O)Cn2cnc3scc(-c4cccs4)c3c2=O)cc1. The zero-order chi connectivity index (χ0) is 23.5. The summed E-state index contributed by atoms with van der Waals surface area (Å²) in [5, 5.41) is 7.26. The number of carbonyl (C=O) groups excluding carboxylic acids is 1. The van der Waals surface area contributed by atoms with Crippen LogP contribution >= 0.6 is 22.7 Å². The molecule has 1 amide bonds. The molecule has 0 bridgehead atoms. The Bertz CT molecular complexity index is 1510. The van der Waals surface area contributed by atoms with E-state index in [9.17, 15) is 9.59 Å². The summed E-state index contributed by atoms with van der Waals surface area (Å²) >= 11 is 2.99. The van der Waals surface area contributed by atoms with Crippen LogP contribution in [-0.2, 0) is 11.3 Å². The fourth-order valence-electron chi connectivity index (χ4n) is 3.48. The minimum Gasteiger partial charge on any atom is -0.493 e. The number of nitrogens with one attached hydrogen (secondary N) is 1. The smallest absolute Gasteiger partial charge is 0.263 e. The number of benzene rings is 2. The Labute approximate surface area is 202 Å². The van der Waals surface area contributed by atoms with Crippen LogP contribution in [0, 0.1) is 0 Å². The molecule has 0 aliphatic heterocycles. The number of amides is 1. The molecular weight excluding hydrogens is 470 g/mol. The summed E-state index contributed by atoms with van der Waals surface area (Å²) in [5.74, 6) is 1.50. The molecule has 1 N–H and O–H groups in total. The van der Waals surface area contributed by atoms with Gasteiger partial charge in [-0.1, -0.05) is 18.2 Å². The van der Waals surface area contributed by atoms with Gasteiger partial charge in [0.2, 0.25) is 5.91 Å². The molecule has 0 aliphatic carbocycles. The van der Waals surface area contributed by atoms with Gasteiger partial charge in [0.1, 0.15) is 17.1 Å². The van der Waals surface area contributed by atoms with Gasteiger partial charge in [-0.05, 0) is 47.8 Å². The van der Waals surface area contributed by atoms with Crippen molar-refractivity contribution in [2.75, 3.05) is 12.4 Å². The lowest BCUT2D eigenvalue weighted by Crippen LogP contribution is -2.27. The average Bonchev–Trinajstić information content (AvgIpc) is 3.53. The quantitative estimate of drug-likeness (QED) is 0.321. The van der Waals surface area contributed by atoms with Crippen molar-refractivity contribution in [2.24, 2.45) is 0 Å². The molecule has 0 radical (unpaired) electrons. The number of aromatic nitrogens is 2. The van der Waals surface area contributed by atoms with Gasteiger partial charge < -0.3 is 14.8 Å². The van der Waals surface area contributed by atoms with Crippen LogP contribution in [0.25, 0.3) is 20.7 Å². The summed E-state index contributed by atoms with van der Waals surface area (Å²) in [6.07, 6.45) is 1.42. The molecule has 0 spiro atoms. The lowest BCUT2D eigenvalue weighted by atomic mass is 10.2. The molecule has 3 aromatic heterocycles. The molecule has 9 heteroatoms. The number of fused-ring (bicyclic) bond motifs is 1. The van der Waals surface area contributed by atoms with Gasteiger partial charge in [-0.15, -0.1) is 22.7 Å². The second kappa shape index (κ2) is 9.50. The maximum atomic E-state index is 13.1. The van der Waals surface area contributed by atoms with Crippen LogP contribution in [-0.4, -0.2) is 22.6 Å². The van der Waals surface area contributed by atoms with E-state index in [1.807, 2.05) is 47.2 Å². The molecule has 3 heterocycles. The van der Waals surface area contributed by atoms with Crippen molar-refractivity contribution in [3.63, 3.8) is 0 Å². The summed E-state index contributed by atoms with van der Waals surface area (Å²) < 4.78 is 12.5. The fraction of sp³-hybridized carbons (Fsp3) is 0.0800. The Morgan fingerprint density at radius 3 is 2.56 bits per heavy atom. The Morgan fingerprint density at radius 2 is 1.82 bits per heavy atom. The molecule has 2 aromatic carbocycles. The van der Waals surface area contributed by atoms with E-state index in [1.54, 1.807) is 42.7 Å². The standard InChI is InChI=1S/C25H19N3O4S2/c1-31-19-5-2-3-6-20(19)32-17-10-8-16(9-11-17)27-22(29)13-28-15-26-24-23(25(28)30)18(14-34-24)21-7-4-12-33-21/h2-12,14-15H,13H2,1H3,(H,27,29). The second-order valence-electron chi connectivity index (χ2n) is 7.31. The van der Waals surface area contributed by atoms with Gasteiger partial charge in [-0.3, -0.25) is 14.2 Å². The molecule has 0 saturated heterocycles. The van der Waals surface area contributed by atoms with E-state index in [2.05, 4.69) is 10.3 Å². The molecule has 0 unspecified atom stereocenters. The van der Waals surface area contributed by atoms with Crippen molar-refractivity contribution in [3.8, 4) is 27.7 Å². The van der Waals surface area contributed by atoms with Crippen LogP contribution in [0.5, 0.6) is 17.2 Å². The first-order chi connectivity index (χ1) is 16.6. The third kappa shape index (κ3) is 4.43. The van der Waals surface area contributed by atoms with E-state index in [4.69, 9.17) is 9.47 Å². The first-order valence-corrected chi connectivity index (χ1v) is 12.1. The van der Waals surface area contributed by atoms with Gasteiger partial charge >= 0.3 is 0 Å². The predicted molar refractivity (Wildman–Crippen MR) is 135 cm³/mol. The van der Waals surface area contributed by atoms with E-state index in [0.717, 1.165) is 10.4 Å². The highest BCUT2D eigenvalue weighted by Gasteiger charge is 2.15. The van der Waals surface area contributed by atoms with Crippen molar-refractivity contribution in [1.82, 2.24) is 9.55 Å². The number of ether oxygens (including phenoxy) is 2. The summed E-state index contributed by atoms with van der Waals surface area (Å²) in [5.41, 5.74) is 1.22. The van der Waals surface area contributed by atoms with E-state index in [1.165, 1.54) is 22.2 Å². The van der Waals surface area contributed by atoms with Crippen LogP contribution in [0.15, 0.2) is 82.5 Å². The van der Waals surface area contributed by atoms with Crippen molar-refractivity contribution in [1.29, 1.82) is 0 Å². The molecule has 0 saturated carbocycles. The monoisotopic (exact) mass is 489 g/mol. The molecule has 7 nitrogen and oxygen atoms in total. The predicted octanol–water partition coefficient (Wildman–Crippen LogP) is 5.63. The lowest BCUT2D eigenvalue weighted by Gasteiger charge is -2.11. The van der Waals surface area contributed by atoms with Gasteiger partial charge in [0.15, 0.2) is 11.5 Å². The Kier molecular flexibility index (Phi) is 6.11. The Hall–Kier alpha value is -3.95. The number of methoxy groups -OCH3 is 1. The number of anilines is 1. The Morgan fingerprint density at radius 1 is 1.03 bits per heavy atom. The molecule has 34 heavy (non-hydrogen) atoms. The van der Waals surface area contributed by atoms with E-state index >= 15 is 0 Å². The molecular formula is C25H19N3O4S2. The van der Waals surface area contributed by atoms with Crippen molar-refractivity contribution in [2.45, 2.75) is 6.54 Å². The number of hydrogen-bond acceptors (Lipinski definition) is 7. The topological polar surface area (TPSA) is 82.4 Å². The number of para-hydroxylation sites is 2. The number of nitrogens with zero attached hydrogens (tertiary/aromatic N) is 2. The molecule has 0 fully saturated rings. The number of thiophene rings is 2. The van der Waals surface area contributed by atoms with E-state index in [0.29, 0.717) is 33.2 Å². The maximum absolute atomic E-state index is 13.1. The van der Waals surface area contributed by atoms with Crippen molar-refractivity contribution < 1.29 is 14.3 Å². The summed E-state index contributed by atoms with van der Waals surface area (Å²) in [7, 11) is 1.58. The minimum atomic E-state index is -0.324. The van der Waals surface area contributed by atoms with Crippen molar-refractivity contribution in [3.05, 3.63) is 88.1 Å². The number of carbonyl (C=O) groups is 1. The first kappa shape index (κ1) is 21.9. The van der Waals surface area contributed by atoms with Gasteiger partial charge in [-0.2, -0.15) is 0 Å². The van der Waals surface area contributed by atoms with Gasteiger partial charge in [0.25, 0.3) is 5.56 Å². The molecule has 0 atom stereocenters. The summed E-state index contributed by atoms with van der Waals surface area (Å²) in [6, 6.07) is 18.2. The van der Waals surface area contributed by atoms with Gasteiger partial charge in [0, 0.05) is 21.5 Å². The molecule has 5 aromatic rings. The van der Waals surface area contributed by atoms with Crippen LogP contribution < -0.4 is 20.3 Å². The number of hydrogen-bond donors (Lipinski definition) is 1. The normalized spacial score (nSPS) is 10.9. The number of rotatable bonds is 7. The van der Waals surface area contributed by atoms with Crippen molar-refractivity contribution >= 4 is 44.5 Å². The largest absolute Gasteiger partial charge is 0.493 e. The molecule has 5 rings (SSSR count). The first-order valence-electron chi connectivity index (χ1n) is 10.3. The lowest BCUT2D eigenvalue weighted by molar-refractivity contribution is -0.116. The highest BCUT2D eigenvalue weighted by molar-refractivity contribution is 7.18. The van der Waals surface area contributed by atoms with Gasteiger partial charge in [0.05, 0.1) is 18.8 Å². The van der Waals surface area contributed by atoms with Crippen LogP contribution in [0.1, 0.15) is 0 Å². The molecule has 0 aliphatic rings. The second-order valence-corrected chi connectivity index (χ2v) is 9.12. The van der Waals surface area contributed by atoms with Crippen LogP contribution in [0.4, 0.5) is 5.69 Å². The third-order valence-corrected chi connectivity index (χ3v) is 6.89. The van der Waals surface area contributed by atoms with Crippen LogP contribution in [0.3, 0.4) is 0 Å². The summed E-state index contributed by atoms with van der Waals surface area (Å²) in [4.78, 5) is 31.8. The van der Waals surface area contributed by atoms with Gasteiger partial charge in [-0.25, -0.2) is 4.98 Å². The third-order valence-electron chi connectivity index (χ3n) is 5.10.